The smallest absolute Gasteiger partial charge is 0.0661 e. The van der Waals surface area contributed by atoms with Crippen molar-refractivity contribution in [2.24, 2.45) is 5.41 Å². The summed E-state index contributed by atoms with van der Waals surface area (Å²) in [5.74, 6) is 0.767. The Morgan fingerprint density at radius 2 is 2.12 bits per heavy atom. The van der Waals surface area contributed by atoms with Crippen LogP contribution in [0.4, 0.5) is 0 Å². The van der Waals surface area contributed by atoms with Gasteiger partial charge in [-0.15, -0.1) is 0 Å². The van der Waals surface area contributed by atoms with Crippen molar-refractivity contribution in [3.05, 3.63) is 35.4 Å². The first-order valence-electron chi connectivity index (χ1n) is 6.93. The van der Waals surface area contributed by atoms with Crippen LogP contribution in [-0.4, -0.2) is 12.2 Å². The predicted octanol–water partition coefficient (Wildman–Crippen LogP) is 3.68. The third-order valence-electron chi connectivity index (χ3n) is 5.46. The Morgan fingerprint density at radius 1 is 1.24 bits per heavy atom. The SMILES string of the molecule is C[C@@]12CC[C@@H]3c4ccccc4CC[C@]3(CO1)C2. The summed E-state index contributed by atoms with van der Waals surface area (Å²) < 4.78 is 6.14. The summed E-state index contributed by atoms with van der Waals surface area (Å²) in [5, 5.41) is 0. The minimum atomic E-state index is 0.197. The van der Waals surface area contributed by atoms with Crippen LogP contribution in [0.15, 0.2) is 24.3 Å². The lowest BCUT2D eigenvalue weighted by molar-refractivity contribution is 0.0143. The van der Waals surface area contributed by atoms with Crippen LogP contribution >= 0.6 is 0 Å². The molecule has 1 heterocycles. The van der Waals surface area contributed by atoms with Crippen molar-refractivity contribution in [2.75, 3.05) is 6.61 Å². The Kier molecular flexibility index (Phi) is 1.87. The van der Waals surface area contributed by atoms with E-state index in [-0.39, 0.29) is 5.60 Å². The molecule has 1 saturated carbocycles. The molecule has 4 rings (SSSR count). The summed E-state index contributed by atoms with van der Waals surface area (Å²) in [4.78, 5) is 0. The van der Waals surface area contributed by atoms with Crippen molar-refractivity contribution in [2.45, 2.75) is 50.5 Å². The molecule has 0 N–H and O–H groups in total. The van der Waals surface area contributed by atoms with E-state index in [0.717, 1.165) is 12.5 Å². The molecule has 0 unspecified atom stereocenters. The Bertz CT molecular complexity index is 466. The molecule has 3 atom stereocenters. The van der Waals surface area contributed by atoms with Crippen molar-refractivity contribution >= 4 is 0 Å². The van der Waals surface area contributed by atoms with Crippen LogP contribution < -0.4 is 0 Å². The van der Waals surface area contributed by atoms with E-state index in [4.69, 9.17) is 4.74 Å². The molecular formula is C16H20O. The van der Waals surface area contributed by atoms with Crippen molar-refractivity contribution in [1.82, 2.24) is 0 Å². The Morgan fingerprint density at radius 3 is 3.06 bits per heavy atom. The molecule has 3 aliphatic rings. The zero-order valence-electron chi connectivity index (χ0n) is 10.5. The number of hydrogen-bond donors (Lipinski definition) is 0. The largest absolute Gasteiger partial charge is 0.375 e. The molecule has 2 fully saturated rings. The average molecular weight is 228 g/mol. The van der Waals surface area contributed by atoms with Gasteiger partial charge in [0, 0.05) is 5.41 Å². The van der Waals surface area contributed by atoms with Gasteiger partial charge in [0.2, 0.25) is 0 Å². The lowest BCUT2D eigenvalue weighted by atomic mass is 9.57. The van der Waals surface area contributed by atoms with E-state index in [1.807, 2.05) is 0 Å². The second-order valence-corrected chi connectivity index (χ2v) is 6.57. The van der Waals surface area contributed by atoms with E-state index >= 15 is 0 Å². The highest BCUT2D eigenvalue weighted by Crippen LogP contribution is 2.61. The van der Waals surface area contributed by atoms with Crippen LogP contribution in [0, 0.1) is 5.41 Å². The molecule has 2 aliphatic carbocycles. The van der Waals surface area contributed by atoms with Gasteiger partial charge in [0.05, 0.1) is 12.2 Å². The lowest BCUT2D eigenvalue weighted by Gasteiger charge is -2.46. The van der Waals surface area contributed by atoms with Gasteiger partial charge in [0.25, 0.3) is 0 Å². The molecule has 0 aromatic heterocycles. The highest BCUT2D eigenvalue weighted by molar-refractivity contribution is 5.36. The highest BCUT2D eigenvalue weighted by Gasteiger charge is 2.56. The van der Waals surface area contributed by atoms with Crippen LogP contribution in [0.25, 0.3) is 0 Å². The maximum absolute atomic E-state index is 6.14. The normalized spacial score (nSPS) is 43.0. The monoisotopic (exact) mass is 228 g/mol. The van der Waals surface area contributed by atoms with E-state index in [2.05, 4.69) is 31.2 Å². The molecule has 1 aromatic carbocycles. The van der Waals surface area contributed by atoms with Crippen LogP contribution in [0.3, 0.4) is 0 Å². The standard InChI is InChI=1S/C16H20O/c1-15-8-7-14-13-5-3-2-4-12(13)6-9-16(14,10-15)11-17-15/h2-5,14H,6-11H2,1H3/t14-,15+,16-/m1/s1. The third kappa shape index (κ3) is 1.29. The van der Waals surface area contributed by atoms with Gasteiger partial charge in [-0.25, -0.2) is 0 Å². The summed E-state index contributed by atoms with van der Waals surface area (Å²) in [6.45, 7) is 3.32. The second kappa shape index (κ2) is 3.14. The number of aryl methyl sites for hydroxylation is 1. The summed E-state index contributed by atoms with van der Waals surface area (Å²) in [5.41, 5.74) is 3.90. The summed E-state index contributed by atoms with van der Waals surface area (Å²) in [6.07, 6.45) is 6.46. The number of rotatable bonds is 0. The maximum atomic E-state index is 6.14. The molecule has 1 saturated heterocycles. The van der Waals surface area contributed by atoms with Gasteiger partial charge in [-0.1, -0.05) is 24.3 Å². The average Bonchev–Trinajstić information content (AvgIpc) is 2.60. The fourth-order valence-corrected chi connectivity index (χ4v) is 4.61. The van der Waals surface area contributed by atoms with Crippen LogP contribution in [-0.2, 0) is 11.2 Å². The number of fused-ring (bicyclic) bond motifs is 3. The van der Waals surface area contributed by atoms with E-state index < -0.39 is 0 Å². The fourth-order valence-electron chi connectivity index (χ4n) is 4.61. The van der Waals surface area contributed by atoms with Crippen LogP contribution in [0.5, 0.6) is 0 Å². The Hall–Kier alpha value is -0.820. The molecule has 1 aromatic rings. The van der Waals surface area contributed by atoms with E-state index in [1.54, 1.807) is 11.1 Å². The van der Waals surface area contributed by atoms with E-state index in [0.29, 0.717) is 5.41 Å². The molecule has 1 nitrogen and oxygen atoms in total. The van der Waals surface area contributed by atoms with Crippen molar-refractivity contribution in [1.29, 1.82) is 0 Å². The number of ether oxygens (including phenoxy) is 1. The summed E-state index contributed by atoms with van der Waals surface area (Å²) in [7, 11) is 0. The molecular weight excluding hydrogens is 208 g/mol. The Balaban J connectivity index is 1.81. The van der Waals surface area contributed by atoms with Gasteiger partial charge >= 0.3 is 0 Å². The maximum Gasteiger partial charge on any atom is 0.0661 e. The quantitative estimate of drug-likeness (QED) is 0.658. The molecule has 17 heavy (non-hydrogen) atoms. The number of hydrogen-bond acceptors (Lipinski definition) is 1. The zero-order valence-corrected chi connectivity index (χ0v) is 10.5. The summed E-state index contributed by atoms with van der Waals surface area (Å²) >= 11 is 0. The van der Waals surface area contributed by atoms with Gasteiger partial charge in [-0.05, 0) is 56.1 Å². The van der Waals surface area contributed by atoms with Gasteiger partial charge in [0.1, 0.15) is 0 Å². The molecule has 2 bridgehead atoms. The topological polar surface area (TPSA) is 9.23 Å². The molecule has 1 heteroatoms. The minimum absolute atomic E-state index is 0.197. The lowest BCUT2D eigenvalue weighted by Crippen LogP contribution is -2.40. The minimum Gasteiger partial charge on any atom is -0.375 e. The molecule has 0 radical (unpaired) electrons. The molecule has 0 amide bonds. The summed E-state index contributed by atoms with van der Waals surface area (Å²) in [6, 6.07) is 9.09. The van der Waals surface area contributed by atoms with Crippen LogP contribution in [0.2, 0.25) is 0 Å². The van der Waals surface area contributed by atoms with Crippen molar-refractivity contribution in [3.63, 3.8) is 0 Å². The van der Waals surface area contributed by atoms with Gasteiger partial charge in [0.15, 0.2) is 0 Å². The van der Waals surface area contributed by atoms with E-state index in [9.17, 15) is 0 Å². The van der Waals surface area contributed by atoms with Gasteiger partial charge < -0.3 is 4.74 Å². The van der Waals surface area contributed by atoms with Gasteiger partial charge in [-0.3, -0.25) is 0 Å². The zero-order chi connectivity index (χ0) is 11.5. The number of benzene rings is 1. The second-order valence-electron chi connectivity index (χ2n) is 6.57. The third-order valence-corrected chi connectivity index (χ3v) is 5.46. The van der Waals surface area contributed by atoms with E-state index in [1.165, 1.54) is 32.1 Å². The van der Waals surface area contributed by atoms with Gasteiger partial charge in [-0.2, -0.15) is 0 Å². The van der Waals surface area contributed by atoms with Crippen LogP contribution in [0.1, 0.15) is 49.7 Å². The fraction of sp³-hybridized carbons (Fsp3) is 0.625. The van der Waals surface area contributed by atoms with Crippen molar-refractivity contribution in [3.8, 4) is 0 Å². The highest BCUT2D eigenvalue weighted by atomic mass is 16.5. The van der Waals surface area contributed by atoms with Crippen molar-refractivity contribution < 1.29 is 4.74 Å². The molecule has 1 spiro atoms. The molecule has 90 valence electrons. The first-order valence-corrected chi connectivity index (χ1v) is 6.93. The first-order chi connectivity index (χ1) is 8.21. The molecule has 1 aliphatic heterocycles. The Labute approximate surface area is 103 Å². The first kappa shape index (κ1) is 10.1. The predicted molar refractivity (Wildman–Crippen MR) is 68.1 cm³/mol.